The Bertz CT molecular complexity index is 1020. The zero-order chi connectivity index (χ0) is 17.2. The number of aryl methyl sites for hydroxylation is 1. The van der Waals surface area contributed by atoms with Crippen molar-refractivity contribution < 1.29 is 4.79 Å². The molecule has 0 saturated carbocycles. The summed E-state index contributed by atoms with van der Waals surface area (Å²) in [5.74, 6) is 0.333. The Morgan fingerprint density at radius 3 is 2.84 bits per heavy atom. The lowest BCUT2D eigenvalue weighted by Crippen LogP contribution is -2.20. The third-order valence-corrected chi connectivity index (χ3v) is 4.72. The molecule has 0 aliphatic rings. The van der Waals surface area contributed by atoms with Crippen LogP contribution in [0.4, 0.5) is 5.82 Å². The van der Waals surface area contributed by atoms with Crippen molar-refractivity contribution in [2.45, 2.75) is 13.5 Å². The number of anilines is 1. The van der Waals surface area contributed by atoms with E-state index in [1.807, 2.05) is 30.5 Å². The molecule has 1 N–H and O–H groups in total. The zero-order valence-electron chi connectivity index (χ0n) is 13.5. The Morgan fingerprint density at radius 2 is 2.08 bits per heavy atom. The van der Waals surface area contributed by atoms with Crippen molar-refractivity contribution in [1.29, 1.82) is 0 Å². The number of rotatable bonds is 4. The van der Waals surface area contributed by atoms with E-state index in [-0.39, 0.29) is 12.5 Å². The Hall–Kier alpha value is -3.06. The average molecular weight is 349 g/mol. The van der Waals surface area contributed by atoms with Crippen molar-refractivity contribution in [3.05, 3.63) is 59.9 Å². The minimum absolute atomic E-state index is 0.0851. The first-order valence-corrected chi connectivity index (χ1v) is 8.67. The molecule has 0 unspecified atom stereocenters. The first-order valence-electron chi connectivity index (χ1n) is 7.79. The maximum Gasteiger partial charge on any atom is 0.247 e. The van der Waals surface area contributed by atoms with E-state index < -0.39 is 0 Å². The fourth-order valence-corrected chi connectivity index (χ4v) is 3.54. The van der Waals surface area contributed by atoms with E-state index in [1.54, 1.807) is 40.5 Å². The van der Waals surface area contributed by atoms with Gasteiger partial charge in [0.2, 0.25) is 5.91 Å². The maximum atomic E-state index is 12.3. The van der Waals surface area contributed by atoms with Gasteiger partial charge in [-0.05, 0) is 36.6 Å². The number of fused-ring (bicyclic) bond motifs is 1. The summed E-state index contributed by atoms with van der Waals surface area (Å²) in [5, 5.41) is 10.3. The van der Waals surface area contributed by atoms with E-state index in [0.717, 1.165) is 21.5 Å². The van der Waals surface area contributed by atoms with Crippen LogP contribution in [-0.4, -0.2) is 25.7 Å². The predicted octanol–water partition coefficient (Wildman–Crippen LogP) is 3.50. The third kappa shape index (κ3) is 3.01. The topological polar surface area (TPSA) is 72.7 Å². The molecule has 0 aliphatic carbocycles. The van der Waals surface area contributed by atoms with Crippen LogP contribution in [0.15, 0.2) is 54.2 Å². The van der Waals surface area contributed by atoms with Gasteiger partial charge in [-0.25, -0.2) is 14.6 Å². The number of carbonyl (C=O) groups is 1. The second-order valence-corrected chi connectivity index (χ2v) is 6.49. The van der Waals surface area contributed by atoms with Gasteiger partial charge in [-0.2, -0.15) is 5.10 Å². The van der Waals surface area contributed by atoms with Crippen molar-refractivity contribution in [2.75, 3.05) is 5.32 Å². The molecular weight excluding hydrogens is 334 g/mol. The highest BCUT2D eigenvalue weighted by Gasteiger charge is 2.16. The summed E-state index contributed by atoms with van der Waals surface area (Å²) < 4.78 is 1.64. The van der Waals surface area contributed by atoms with Gasteiger partial charge in [0.05, 0.1) is 11.1 Å². The van der Waals surface area contributed by atoms with Gasteiger partial charge in [0.25, 0.3) is 0 Å². The highest BCUT2D eigenvalue weighted by molar-refractivity contribution is 7.13. The largest absolute Gasteiger partial charge is 0.309 e. The number of nitrogens with zero attached hydrogens (tertiary/aromatic N) is 4. The Balaban J connectivity index is 1.67. The average Bonchev–Trinajstić information content (AvgIpc) is 3.25. The molecule has 0 radical (unpaired) electrons. The molecule has 4 rings (SSSR count). The van der Waals surface area contributed by atoms with Crippen LogP contribution in [0.25, 0.3) is 21.5 Å². The SMILES string of the molecule is Cc1nn(CC(=O)Nc2ccccn2)c2nccc(-c3cccs3)c12. The van der Waals surface area contributed by atoms with Gasteiger partial charge >= 0.3 is 0 Å². The minimum atomic E-state index is -0.188. The highest BCUT2D eigenvalue weighted by Crippen LogP contribution is 2.32. The standard InChI is InChI=1S/C18H15N5OS/c1-12-17-13(14-5-4-10-25-14)7-9-20-18(17)23(22-12)11-16(24)21-15-6-2-3-8-19-15/h2-10H,11H2,1H3,(H,19,21,24). The van der Waals surface area contributed by atoms with Crippen LogP contribution in [0, 0.1) is 6.92 Å². The molecule has 0 bridgehead atoms. The number of carbonyl (C=O) groups excluding carboxylic acids is 1. The van der Waals surface area contributed by atoms with Crippen molar-refractivity contribution in [3.8, 4) is 10.4 Å². The molecule has 6 nitrogen and oxygen atoms in total. The summed E-state index contributed by atoms with van der Waals surface area (Å²) >= 11 is 1.67. The number of hydrogen-bond donors (Lipinski definition) is 1. The van der Waals surface area contributed by atoms with Crippen LogP contribution < -0.4 is 5.32 Å². The van der Waals surface area contributed by atoms with Gasteiger partial charge in [0, 0.05) is 22.8 Å². The summed E-state index contributed by atoms with van der Waals surface area (Å²) in [4.78, 5) is 22.0. The Kier molecular flexibility index (Phi) is 3.99. The van der Waals surface area contributed by atoms with Gasteiger partial charge in [0.1, 0.15) is 12.4 Å². The first-order chi connectivity index (χ1) is 12.2. The lowest BCUT2D eigenvalue weighted by molar-refractivity contribution is -0.116. The normalized spacial score (nSPS) is 10.9. The molecule has 0 aliphatic heterocycles. The summed E-state index contributed by atoms with van der Waals surface area (Å²) in [6.45, 7) is 2.02. The summed E-state index contributed by atoms with van der Waals surface area (Å²) in [6, 6.07) is 11.5. The van der Waals surface area contributed by atoms with E-state index in [1.165, 1.54) is 0 Å². The molecule has 0 aromatic carbocycles. The molecule has 4 aromatic heterocycles. The lowest BCUT2D eigenvalue weighted by Gasteiger charge is -2.05. The number of nitrogens with one attached hydrogen (secondary N) is 1. The molecular formula is C18H15N5OS. The van der Waals surface area contributed by atoms with E-state index in [2.05, 4.69) is 26.4 Å². The second kappa shape index (κ2) is 6.45. The molecule has 7 heteroatoms. The fourth-order valence-electron chi connectivity index (χ4n) is 2.78. The molecule has 124 valence electrons. The van der Waals surface area contributed by atoms with Crippen molar-refractivity contribution in [2.24, 2.45) is 0 Å². The Morgan fingerprint density at radius 1 is 1.16 bits per heavy atom. The minimum Gasteiger partial charge on any atom is -0.309 e. The molecule has 4 aromatic rings. The van der Waals surface area contributed by atoms with Crippen LogP contribution in [0.1, 0.15) is 5.69 Å². The lowest BCUT2D eigenvalue weighted by atomic mass is 10.1. The predicted molar refractivity (Wildman–Crippen MR) is 98.4 cm³/mol. The zero-order valence-corrected chi connectivity index (χ0v) is 14.3. The third-order valence-electron chi connectivity index (χ3n) is 3.82. The van der Waals surface area contributed by atoms with E-state index in [0.29, 0.717) is 11.5 Å². The molecule has 25 heavy (non-hydrogen) atoms. The number of hydrogen-bond acceptors (Lipinski definition) is 5. The number of amides is 1. The van der Waals surface area contributed by atoms with Gasteiger partial charge in [-0.1, -0.05) is 12.1 Å². The van der Waals surface area contributed by atoms with Crippen LogP contribution in [0.5, 0.6) is 0 Å². The maximum absolute atomic E-state index is 12.3. The van der Waals surface area contributed by atoms with Crippen molar-refractivity contribution in [1.82, 2.24) is 19.7 Å². The molecule has 0 saturated heterocycles. The van der Waals surface area contributed by atoms with E-state index >= 15 is 0 Å². The summed E-state index contributed by atoms with van der Waals surface area (Å²) in [7, 11) is 0. The van der Waals surface area contributed by atoms with Crippen LogP contribution in [0.3, 0.4) is 0 Å². The number of thiophene rings is 1. The molecule has 0 spiro atoms. The van der Waals surface area contributed by atoms with Crippen LogP contribution in [-0.2, 0) is 11.3 Å². The molecule has 0 fully saturated rings. The second-order valence-electron chi connectivity index (χ2n) is 5.54. The summed E-state index contributed by atoms with van der Waals surface area (Å²) in [6.07, 6.45) is 3.39. The fraction of sp³-hybridized carbons (Fsp3) is 0.111. The van der Waals surface area contributed by atoms with Gasteiger partial charge in [-0.3, -0.25) is 4.79 Å². The van der Waals surface area contributed by atoms with Gasteiger partial charge in [-0.15, -0.1) is 11.3 Å². The Labute approximate surface area is 148 Å². The van der Waals surface area contributed by atoms with Crippen LogP contribution in [0.2, 0.25) is 0 Å². The monoisotopic (exact) mass is 349 g/mol. The van der Waals surface area contributed by atoms with Gasteiger partial charge < -0.3 is 5.32 Å². The molecule has 4 heterocycles. The molecule has 1 amide bonds. The highest BCUT2D eigenvalue weighted by atomic mass is 32.1. The molecule has 0 atom stereocenters. The number of pyridine rings is 2. The van der Waals surface area contributed by atoms with Gasteiger partial charge in [0.15, 0.2) is 5.65 Å². The summed E-state index contributed by atoms with van der Waals surface area (Å²) in [5.41, 5.74) is 2.66. The van der Waals surface area contributed by atoms with E-state index in [4.69, 9.17) is 0 Å². The van der Waals surface area contributed by atoms with E-state index in [9.17, 15) is 4.79 Å². The quantitative estimate of drug-likeness (QED) is 0.612. The van der Waals surface area contributed by atoms with Crippen LogP contribution >= 0.6 is 11.3 Å². The van der Waals surface area contributed by atoms with Crippen molar-refractivity contribution in [3.63, 3.8) is 0 Å². The number of aromatic nitrogens is 4. The van der Waals surface area contributed by atoms with Crippen molar-refractivity contribution >= 4 is 34.1 Å². The first kappa shape index (κ1) is 15.5. The smallest absolute Gasteiger partial charge is 0.247 e.